The van der Waals surface area contributed by atoms with Gasteiger partial charge in [-0.05, 0) is 0 Å². The average Bonchev–Trinajstić information content (AvgIpc) is 2.28. The second-order valence-corrected chi connectivity index (χ2v) is 3.03. The summed E-state index contributed by atoms with van der Waals surface area (Å²) in [7, 11) is 1.13. The number of amides is 2. The van der Waals surface area contributed by atoms with E-state index in [1.807, 2.05) is 0 Å². The Labute approximate surface area is 98.5 Å². The third kappa shape index (κ3) is 6.78. The molecule has 0 aromatic carbocycles. The van der Waals surface area contributed by atoms with Gasteiger partial charge in [-0.2, -0.15) is 0 Å². The molecule has 3 N–H and O–H groups in total. The van der Waals surface area contributed by atoms with E-state index >= 15 is 0 Å². The summed E-state index contributed by atoms with van der Waals surface area (Å²) in [6.45, 7) is 0.229. The summed E-state index contributed by atoms with van der Waals surface area (Å²) in [5.41, 5.74) is 0. The number of carbonyl (C=O) groups excluding carboxylic acids is 2. The Kier molecular flexibility index (Phi) is 6.94. The summed E-state index contributed by atoms with van der Waals surface area (Å²) in [5.74, 6) is 0.269. The summed E-state index contributed by atoms with van der Waals surface area (Å²) in [4.78, 5) is 32.8. The summed E-state index contributed by atoms with van der Waals surface area (Å²) in [5, 5.41) is 13.2. The highest BCUT2D eigenvalue weighted by Gasteiger charge is 2.23. The van der Waals surface area contributed by atoms with Gasteiger partial charge < -0.3 is 20.5 Å². The highest BCUT2D eigenvalue weighted by Crippen LogP contribution is 1.95. The van der Waals surface area contributed by atoms with Crippen LogP contribution in [0.2, 0.25) is 0 Å². The van der Waals surface area contributed by atoms with Crippen LogP contribution in [0.25, 0.3) is 0 Å². The van der Waals surface area contributed by atoms with Gasteiger partial charge in [-0.1, -0.05) is 0 Å². The molecule has 0 rings (SSSR count). The quantitative estimate of drug-likeness (QED) is 0.325. The van der Waals surface area contributed by atoms with E-state index in [9.17, 15) is 14.4 Å². The minimum absolute atomic E-state index is 0.229. The molecule has 0 bridgehead atoms. The molecule has 0 aliphatic heterocycles. The maximum Gasteiger partial charge on any atom is 0.326 e. The van der Waals surface area contributed by atoms with Crippen LogP contribution in [0.1, 0.15) is 12.8 Å². The van der Waals surface area contributed by atoms with Crippen molar-refractivity contribution in [3.05, 3.63) is 0 Å². The van der Waals surface area contributed by atoms with Crippen LogP contribution in [0.3, 0.4) is 0 Å². The van der Waals surface area contributed by atoms with Crippen LogP contribution in [0, 0.1) is 12.3 Å². The summed E-state index contributed by atoms with van der Waals surface area (Å²) >= 11 is 0. The lowest BCUT2D eigenvalue weighted by atomic mass is 10.2. The number of nitrogens with one attached hydrogen (secondary N) is 2. The first-order valence-electron chi connectivity index (χ1n) is 4.78. The number of rotatable bonds is 6. The van der Waals surface area contributed by atoms with Crippen LogP contribution in [0.15, 0.2) is 0 Å². The van der Waals surface area contributed by atoms with Crippen molar-refractivity contribution < 1.29 is 24.2 Å². The molecule has 1 atom stereocenters. The fourth-order valence-electron chi connectivity index (χ4n) is 0.908. The molecule has 0 aliphatic carbocycles. The Morgan fingerprint density at radius 3 is 2.59 bits per heavy atom. The molecule has 2 amide bonds. The normalized spacial score (nSPS) is 10.8. The van der Waals surface area contributed by atoms with E-state index < -0.39 is 30.4 Å². The minimum atomic E-state index is -1.33. The number of carboxylic acid groups (broad SMARTS) is 1. The van der Waals surface area contributed by atoms with Crippen molar-refractivity contribution in [2.45, 2.75) is 18.9 Å². The second kappa shape index (κ2) is 7.98. The third-order valence-corrected chi connectivity index (χ3v) is 1.76. The molecule has 0 heterocycles. The third-order valence-electron chi connectivity index (χ3n) is 1.76. The molecule has 0 saturated carbocycles. The van der Waals surface area contributed by atoms with E-state index in [1.165, 1.54) is 0 Å². The molecule has 7 heteroatoms. The number of hydrogen-bond donors (Lipinski definition) is 3. The van der Waals surface area contributed by atoms with Gasteiger partial charge in [0.2, 0.25) is 0 Å². The van der Waals surface area contributed by atoms with Gasteiger partial charge >= 0.3 is 18.0 Å². The fourth-order valence-corrected chi connectivity index (χ4v) is 0.908. The van der Waals surface area contributed by atoms with E-state index in [4.69, 9.17) is 11.5 Å². The Morgan fingerprint density at radius 2 is 2.12 bits per heavy atom. The van der Waals surface area contributed by atoms with Crippen molar-refractivity contribution in [3.63, 3.8) is 0 Å². The molecule has 0 radical (unpaired) electrons. The van der Waals surface area contributed by atoms with Crippen molar-refractivity contribution in [2.24, 2.45) is 0 Å². The first-order valence-corrected chi connectivity index (χ1v) is 4.78. The molecular weight excluding hydrogens is 228 g/mol. The van der Waals surface area contributed by atoms with Crippen molar-refractivity contribution in [2.75, 3.05) is 13.7 Å². The number of terminal acetylenes is 1. The van der Waals surface area contributed by atoms with Crippen LogP contribution in [0.4, 0.5) is 4.79 Å². The zero-order chi connectivity index (χ0) is 13.3. The van der Waals surface area contributed by atoms with Crippen molar-refractivity contribution in [1.82, 2.24) is 10.6 Å². The van der Waals surface area contributed by atoms with Crippen LogP contribution in [0.5, 0.6) is 0 Å². The smallest absolute Gasteiger partial charge is 0.326 e. The molecule has 0 aromatic heterocycles. The van der Waals surface area contributed by atoms with Crippen LogP contribution >= 0.6 is 0 Å². The van der Waals surface area contributed by atoms with Gasteiger partial charge in [-0.25, -0.2) is 9.59 Å². The highest BCUT2D eigenvalue weighted by molar-refractivity contribution is 5.86. The monoisotopic (exact) mass is 242 g/mol. The van der Waals surface area contributed by atoms with Gasteiger partial charge in [0.05, 0.1) is 13.5 Å². The lowest BCUT2D eigenvalue weighted by Crippen LogP contribution is -2.47. The molecule has 0 saturated heterocycles. The van der Waals surface area contributed by atoms with Crippen molar-refractivity contribution in [3.8, 4) is 12.3 Å². The lowest BCUT2D eigenvalue weighted by Gasteiger charge is -2.13. The Balaban J connectivity index is 4.17. The van der Waals surface area contributed by atoms with Gasteiger partial charge in [0, 0.05) is 13.0 Å². The minimum Gasteiger partial charge on any atom is -0.480 e. The number of urea groups is 1. The van der Waals surface area contributed by atoms with Gasteiger partial charge in [0.25, 0.3) is 0 Å². The second-order valence-electron chi connectivity index (χ2n) is 3.03. The van der Waals surface area contributed by atoms with Gasteiger partial charge in [0.1, 0.15) is 6.04 Å². The maximum absolute atomic E-state index is 11.2. The molecule has 17 heavy (non-hydrogen) atoms. The Hall–Kier alpha value is -2.23. The summed E-state index contributed by atoms with van der Waals surface area (Å²) in [6.07, 6.45) is 4.87. The highest BCUT2D eigenvalue weighted by atomic mass is 16.5. The zero-order valence-electron chi connectivity index (χ0n) is 9.36. The predicted molar refractivity (Wildman–Crippen MR) is 58.0 cm³/mol. The van der Waals surface area contributed by atoms with E-state index in [-0.39, 0.29) is 6.54 Å². The van der Waals surface area contributed by atoms with Crippen molar-refractivity contribution in [1.29, 1.82) is 0 Å². The first-order chi connectivity index (χ1) is 8.01. The van der Waals surface area contributed by atoms with Gasteiger partial charge in [-0.15, -0.1) is 12.3 Å². The van der Waals surface area contributed by atoms with Gasteiger partial charge in [0.15, 0.2) is 0 Å². The molecule has 0 spiro atoms. The number of hydrogen-bond acceptors (Lipinski definition) is 4. The SMILES string of the molecule is C#CCCNC(=O)N[C@@H](CC(=O)OC)C(=O)O. The summed E-state index contributed by atoms with van der Waals surface area (Å²) < 4.78 is 4.31. The maximum atomic E-state index is 11.2. The molecule has 94 valence electrons. The number of methoxy groups -OCH3 is 1. The predicted octanol–water partition coefficient (Wildman–Crippen LogP) is -0.675. The van der Waals surface area contributed by atoms with E-state index in [1.54, 1.807) is 0 Å². The first kappa shape index (κ1) is 14.8. The molecule has 0 aliphatic rings. The number of carbonyl (C=O) groups is 3. The van der Waals surface area contributed by atoms with Crippen LogP contribution < -0.4 is 10.6 Å². The van der Waals surface area contributed by atoms with Crippen LogP contribution in [-0.4, -0.2) is 42.8 Å². The molecule has 7 nitrogen and oxygen atoms in total. The zero-order valence-corrected chi connectivity index (χ0v) is 9.36. The Morgan fingerprint density at radius 1 is 1.47 bits per heavy atom. The van der Waals surface area contributed by atoms with Gasteiger partial charge in [-0.3, -0.25) is 4.79 Å². The number of aliphatic carboxylic acids is 1. The molecule has 0 unspecified atom stereocenters. The van der Waals surface area contributed by atoms with Crippen molar-refractivity contribution >= 4 is 18.0 Å². The van der Waals surface area contributed by atoms with E-state index in [0.717, 1.165) is 7.11 Å². The number of ether oxygens (including phenoxy) is 1. The number of carboxylic acids is 1. The molecular formula is C10H14N2O5. The number of esters is 1. The average molecular weight is 242 g/mol. The molecule has 0 aromatic rings. The van der Waals surface area contributed by atoms with Crippen LogP contribution in [-0.2, 0) is 14.3 Å². The largest absolute Gasteiger partial charge is 0.480 e. The topological polar surface area (TPSA) is 105 Å². The standard InChI is InChI=1S/C10H14N2O5/c1-3-4-5-11-10(16)12-7(9(14)15)6-8(13)17-2/h1,7H,4-6H2,2H3,(H,14,15)(H2,11,12,16)/t7-/m0/s1. The fraction of sp³-hybridized carbons (Fsp3) is 0.500. The Bertz CT molecular complexity index is 334. The lowest BCUT2D eigenvalue weighted by molar-refractivity contribution is -0.147. The summed E-state index contributed by atoms with van der Waals surface area (Å²) in [6, 6.07) is -2.02. The molecule has 0 fully saturated rings. The van der Waals surface area contributed by atoms with E-state index in [0.29, 0.717) is 6.42 Å². The van der Waals surface area contributed by atoms with E-state index in [2.05, 4.69) is 21.3 Å².